The molecule has 25 atom stereocenters. The monoisotopic (exact) mass is 870 g/mol. The van der Waals surface area contributed by atoms with E-state index in [1.54, 1.807) is 6.92 Å². The van der Waals surface area contributed by atoms with Crippen molar-refractivity contribution in [2.45, 2.75) is 197 Å². The number of carbonyl (C=O) groups excluding carboxylic acids is 1. The molecule has 0 bridgehead atoms. The molecule has 0 aromatic rings. The number of ketones is 1. The molecular formula is C44H70O17. The normalized spacial score (nSPS) is 54.6. The Morgan fingerprint density at radius 1 is 0.689 bits per heavy atom. The van der Waals surface area contributed by atoms with Crippen LogP contribution in [-0.4, -0.2) is 169 Å². The highest BCUT2D eigenvalue weighted by Crippen LogP contribution is 2.67. The maximum Gasteiger partial charge on any atom is 0.189 e. The predicted molar refractivity (Wildman–Crippen MR) is 211 cm³/mol. The fourth-order valence-electron chi connectivity index (χ4n) is 12.9. The van der Waals surface area contributed by atoms with Gasteiger partial charge < -0.3 is 79.1 Å². The van der Waals surface area contributed by atoms with Crippen molar-refractivity contribution >= 4 is 5.78 Å². The molecule has 7 fully saturated rings. The van der Waals surface area contributed by atoms with Gasteiger partial charge in [-0.05, 0) is 105 Å². The molecule has 4 aliphatic carbocycles. The van der Waals surface area contributed by atoms with Crippen LogP contribution < -0.4 is 0 Å². The number of hydrogen-bond acceptors (Lipinski definition) is 17. The largest absolute Gasteiger partial charge is 0.394 e. The Hall–Kier alpha value is -1.23. The highest BCUT2D eigenvalue weighted by Gasteiger charge is 2.61. The van der Waals surface area contributed by atoms with Gasteiger partial charge in [0.05, 0.1) is 31.5 Å². The van der Waals surface area contributed by atoms with Crippen molar-refractivity contribution in [2.75, 3.05) is 13.2 Å². The first kappa shape index (κ1) is 46.3. The van der Waals surface area contributed by atoms with Gasteiger partial charge in [-0.2, -0.15) is 0 Å². The van der Waals surface area contributed by atoms with Gasteiger partial charge in [-0.25, -0.2) is 0 Å². The van der Waals surface area contributed by atoms with Gasteiger partial charge in [-0.1, -0.05) is 33.3 Å². The number of allylic oxidation sites excluding steroid dienone is 2. The van der Waals surface area contributed by atoms with Crippen LogP contribution in [0.1, 0.15) is 92.4 Å². The highest BCUT2D eigenvalue weighted by molar-refractivity contribution is 5.94. The fraction of sp³-hybridized carbons (Fsp3) is 0.932. The zero-order chi connectivity index (χ0) is 43.9. The second-order valence-electron chi connectivity index (χ2n) is 20.3. The van der Waals surface area contributed by atoms with Crippen molar-refractivity contribution < 1.29 is 83.9 Å². The molecule has 17 heteroatoms. The predicted octanol–water partition coefficient (Wildman–Crippen LogP) is 0.0142. The summed E-state index contributed by atoms with van der Waals surface area (Å²) < 4.78 is 42.3. The number of fused-ring (bicyclic) bond motifs is 5. The standard InChI is InChI=1S/C44H70O17/c1-18-6-9-29(58-39(18)61-41-37(54)34(51)31(48)20(3)56-41)19(2)23-7-8-24-22-15-27(46)26-14-21(10-12-44(26,5)25(22)11-13-43(23,24)4)57-42-38(35(52)33(50)30(16-45)59-42)60-40-36(53)32(49)28(47)17-55-40/h15,18-21,23-26,28-42,45,47-54H,6-14,16-17H2,1-5H3/t18?,19?,20?,21?,23?,24?,25?,26?,28?,29-,30?,31?,32?,33?,34?,35?,36?,37?,38?,39-,40?,41?,42?,43?,44?/m0/s1. The summed E-state index contributed by atoms with van der Waals surface area (Å²) >= 11 is 0. The SMILES string of the molecule is CC1OC(O[C@@H]2O[C@H](C(C)C3CCC4C5=CC(=O)C6CC(OC7OC(CO)C(O)C(O)C7OC7OCC(O)C(O)C7O)CCC6(C)C5CCC43C)CCC2C)C(O)C(O)C1O. The van der Waals surface area contributed by atoms with Crippen LogP contribution >= 0.6 is 0 Å². The molecular weight excluding hydrogens is 800 g/mol. The molecule has 23 unspecified atom stereocenters. The fourth-order valence-corrected chi connectivity index (χ4v) is 12.9. The van der Waals surface area contributed by atoms with Gasteiger partial charge in [0.1, 0.15) is 61.0 Å². The minimum Gasteiger partial charge on any atom is -0.394 e. The van der Waals surface area contributed by atoms with E-state index in [1.165, 1.54) is 5.57 Å². The van der Waals surface area contributed by atoms with Crippen molar-refractivity contribution in [1.29, 1.82) is 0 Å². The van der Waals surface area contributed by atoms with Gasteiger partial charge in [-0.3, -0.25) is 4.79 Å². The molecule has 4 aliphatic heterocycles. The van der Waals surface area contributed by atoms with Crippen molar-refractivity contribution in [1.82, 2.24) is 0 Å². The Bertz CT molecular complexity index is 1580. The quantitative estimate of drug-likeness (QED) is 0.148. The Morgan fingerprint density at radius 2 is 1.39 bits per heavy atom. The van der Waals surface area contributed by atoms with Gasteiger partial charge in [0.25, 0.3) is 0 Å². The van der Waals surface area contributed by atoms with E-state index >= 15 is 0 Å². The van der Waals surface area contributed by atoms with Gasteiger partial charge in [0.15, 0.2) is 30.9 Å². The average Bonchev–Trinajstić information content (AvgIpc) is 3.59. The summed E-state index contributed by atoms with van der Waals surface area (Å²) in [4.78, 5) is 14.3. The lowest BCUT2D eigenvalue weighted by molar-refractivity contribution is -0.363. The molecule has 0 radical (unpaired) electrons. The van der Waals surface area contributed by atoms with Gasteiger partial charge >= 0.3 is 0 Å². The van der Waals surface area contributed by atoms with Gasteiger partial charge in [-0.15, -0.1) is 0 Å². The molecule has 348 valence electrons. The van der Waals surface area contributed by atoms with E-state index in [4.69, 9.17) is 33.2 Å². The van der Waals surface area contributed by atoms with Crippen LogP contribution in [0.2, 0.25) is 0 Å². The minimum atomic E-state index is -1.66. The third kappa shape index (κ3) is 8.22. The van der Waals surface area contributed by atoms with E-state index in [2.05, 4.69) is 20.8 Å². The lowest BCUT2D eigenvalue weighted by Gasteiger charge is -2.57. The molecule has 0 spiro atoms. The molecule has 17 nitrogen and oxygen atoms in total. The number of hydrogen-bond donors (Lipinski definition) is 9. The van der Waals surface area contributed by atoms with Crippen LogP contribution in [0.25, 0.3) is 0 Å². The van der Waals surface area contributed by atoms with E-state index in [9.17, 15) is 50.8 Å². The summed E-state index contributed by atoms with van der Waals surface area (Å²) in [5, 5.41) is 93.6. The molecule has 4 heterocycles. The average molecular weight is 871 g/mol. The van der Waals surface area contributed by atoms with E-state index in [0.29, 0.717) is 25.2 Å². The van der Waals surface area contributed by atoms with Crippen molar-refractivity contribution in [3.05, 3.63) is 11.6 Å². The molecule has 0 aromatic carbocycles. The third-order valence-corrected chi connectivity index (χ3v) is 16.8. The first-order chi connectivity index (χ1) is 28.9. The van der Waals surface area contributed by atoms with Gasteiger partial charge in [0.2, 0.25) is 0 Å². The number of carbonyl (C=O) groups is 1. The third-order valence-electron chi connectivity index (χ3n) is 16.8. The summed E-state index contributed by atoms with van der Waals surface area (Å²) in [6.07, 6.45) is -11.0. The lowest BCUT2D eigenvalue weighted by Crippen LogP contribution is -2.63. The van der Waals surface area contributed by atoms with E-state index in [0.717, 1.165) is 38.5 Å². The number of ether oxygens (including phenoxy) is 7. The Balaban J connectivity index is 0.934. The van der Waals surface area contributed by atoms with E-state index in [1.807, 2.05) is 13.0 Å². The van der Waals surface area contributed by atoms with Crippen LogP contribution in [0.15, 0.2) is 11.6 Å². The van der Waals surface area contributed by atoms with Crippen LogP contribution in [0.3, 0.4) is 0 Å². The molecule has 0 amide bonds. The second-order valence-corrected chi connectivity index (χ2v) is 20.3. The molecule has 8 aliphatic rings. The lowest BCUT2D eigenvalue weighted by atomic mass is 9.47. The zero-order valence-electron chi connectivity index (χ0n) is 35.9. The number of rotatable bonds is 9. The van der Waals surface area contributed by atoms with Crippen LogP contribution in [0, 0.1) is 46.3 Å². The van der Waals surface area contributed by atoms with Crippen molar-refractivity contribution in [2.24, 2.45) is 46.3 Å². The van der Waals surface area contributed by atoms with E-state index in [-0.39, 0.29) is 58.9 Å². The number of aliphatic hydroxyl groups excluding tert-OH is 9. The Kier molecular flexibility index (Phi) is 13.6. The molecule has 8 rings (SSSR count). The summed E-state index contributed by atoms with van der Waals surface area (Å²) in [5.74, 6) is 0.765. The zero-order valence-corrected chi connectivity index (χ0v) is 35.9. The Morgan fingerprint density at radius 3 is 2.13 bits per heavy atom. The van der Waals surface area contributed by atoms with E-state index < -0.39 is 105 Å². The van der Waals surface area contributed by atoms with Crippen molar-refractivity contribution in [3.8, 4) is 0 Å². The maximum atomic E-state index is 14.3. The van der Waals surface area contributed by atoms with Crippen LogP contribution in [0.4, 0.5) is 0 Å². The summed E-state index contributed by atoms with van der Waals surface area (Å²) in [7, 11) is 0. The van der Waals surface area contributed by atoms with Gasteiger partial charge in [0, 0.05) is 11.8 Å². The first-order valence-electron chi connectivity index (χ1n) is 22.7. The molecule has 0 aromatic heterocycles. The number of aliphatic hydroxyl groups is 9. The van der Waals surface area contributed by atoms with Crippen LogP contribution in [-0.2, 0) is 38.0 Å². The molecule has 4 saturated heterocycles. The van der Waals surface area contributed by atoms with Crippen molar-refractivity contribution in [3.63, 3.8) is 0 Å². The smallest absolute Gasteiger partial charge is 0.189 e. The summed E-state index contributed by atoms with van der Waals surface area (Å²) in [6.45, 7) is 9.61. The Labute approximate surface area is 357 Å². The maximum absolute atomic E-state index is 14.3. The molecule has 9 N–H and O–H groups in total. The highest BCUT2D eigenvalue weighted by atomic mass is 16.8. The topological polar surface area (TPSA) is 264 Å². The van der Waals surface area contributed by atoms with Crippen LogP contribution in [0.5, 0.6) is 0 Å². The minimum absolute atomic E-state index is 0.0337. The summed E-state index contributed by atoms with van der Waals surface area (Å²) in [6, 6.07) is 0. The first-order valence-corrected chi connectivity index (χ1v) is 22.7. The second kappa shape index (κ2) is 17.9. The molecule has 3 saturated carbocycles. The molecule has 61 heavy (non-hydrogen) atoms. The summed E-state index contributed by atoms with van der Waals surface area (Å²) in [5.41, 5.74) is 0.906.